The Balaban J connectivity index is 2.17. The summed E-state index contributed by atoms with van der Waals surface area (Å²) in [6.45, 7) is 3.70. The Morgan fingerprint density at radius 2 is 1.70 bits per heavy atom. The van der Waals surface area contributed by atoms with Crippen LogP contribution in [0.1, 0.15) is 42.6 Å². The molecule has 0 spiro atoms. The maximum Gasteiger partial charge on any atom is 0.244 e. The highest BCUT2D eigenvalue weighted by Crippen LogP contribution is 2.17. The fraction of sp³-hybridized carbons (Fsp3) is 0.263. The highest BCUT2D eigenvalue weighted by Gasteiger charge is 2.27. The highest BCUT2D eigenvalue weighted by atomic mass is 16.2. The summed E-state index contributed by atoms with van der Waals surface area (Å²) in [6, 6.07) is 16.0. The molecule has 0 saturated heterocycles. The molecule has 0 aliphatic rings. The number of hydrogen-bond donors (Lipinski definition) is 2. The molecule has 0 aliphatic heterocycles. The van der Waals surface area contributed by atoms with E-state index in [0.717, 1.165) is 6.42 Å². The van der Waals surface area contributed by atoms with Gasteiger partial charge >= 0.3 is 0 Å². The van der Waals surface area contributed by atoms with Crippen molar-refractivity contribution in [2.45, 2.75) is 32.2 Å². The predicted molar refractivity (Wildman–Crippen MR) is 92.4 cm³/mol. The van der Waals surface area contributed by atoms with Crippen molar-refractivity contribution in [3.05, 3.63) is 65.7 Å². The smallest absolute Gasteiger partial charge is 0.244 e. The van der Waals surface area contributed by atoms with Crippen molar-refractivity contribution in [2.24, 2.45) is 5.73 Å². The maximum absolute atomic E-state index is 12.4. The molecule has 4 nitrogen and oxygen atoms in total. The van der Waals surface area contributed by atoms with Gasteiger partial charge in [-0.3, -0.25) is 9.59 Å². The molecule has 0 fully saturated rings. The van der Waals surface area contributed by atoms with Crippen LogP contribution in [0.5, 0.6) is 0 Å². The third-order valence-electron chi connectivity index (χ3n) is 3.71. The van der Waals surface area contributed by atoms with Crippen molar-refractivity contribution < 1.29 is 9.59 Å². The van der Waals surface area contributed by atoms with Gasteiger partial charge in [0.25, 0.3) is 0 Å². The molecule has 23 heavy (non-hydrogen) atoms. The van der Waals surface area contributed by atoms with Gasteiger partial charge in [0, 0.05) is 16.8 Å². The molecule has 0 saturated carbocycles. The minimum Gasteiger partial charge on any atom is -0.324 e. The summed E-state index contributed by atoms with van der Waals surface area (Å²) in [5.41, 5.74) is 6.83. The van der Waals surface area contributed by atoms with E-state index in [0.29, 0.717) is 23.2 Å². The lowest BCUT2D eigenvalue weighted by atomic mass is 9.96. The van der Waals surface area contributed by atoms with E-state index in [1.165, 1.54) is 0 Å². The minimum atomic E-state index is -0.922. The van der Waals surface area contributed by atoms with Crippen LogP contribution in [0.15, 0.2) is 54.6 Å². The molecule has 2 aromatic rings. The molecule has 1 amide bonds. The summed E-state index contributed by atoms with van der Waals surface area (Å²) < 4.78 is 0. The molecule has 0 heterocycles. The number of nitrogens with one attached hydrogen (secondary N) is 1. The Labute approximate surface area is 136 Å². The Bertz CT molecular complexity index is 694. The van der Waals surface area contributed by atoms with Crippen molar-refractivity contribution in [3.63, 3.8) is 0 Å². The molecule has 4 heteroatoms. The van der Waals surface area contributed by atoms with E-state index >= 15 is 0 Å². The van der Waals surface area contributed by atoms with E-state index in [1.807, 2.05) is 25.1 Å². The van der Waals surface area contributed by atoms with Crippen molar-refractivity contribution in [1.82, 2.24) is 0 Å². The molecule has 0 radical (unpaired) electrons. The molecule has 2 aromatic carbocycles. The van der Waals surface area contributed by atoms with Crippen LogP contribution in [0, 0.1) is 0 Å². The third kappa shape index (κ3) is 4.27. The molecular formula is C19H22N2O2. The number of anilines is 1. The zero-order chi connectivity index (χ0) is 16.9. The molecule has 1 unspecified atom stereocenters. The van der Waals surface area contributed by atoms with E-state index in [1.54, 1.807) is 43.3 Å². The van der Waals surface area contributed by atoms with Crippen LogP contribution in [-0.2, 0) is 4.79 Å². The Morgan fingerprint density at radius 3 is 2.35 bits per heavy atom. The van der Waals surface area contributed by atoms with Gasteiger partial charge in [-0.25, -0.2) is 0 Å². The molecule has 1 atom stereocenters. The lowest BCUT2D eigenvalue weighted by molar-refractivity contribution is -0.120. The van der Waals surface area contributed by atoms with Gasteiger partial charge in [0.2, 0.25) is 5.91 Å². The Kier molecular flexibility index (Phi) is 5.29. The molecular weight excluding hydrogens is 288 g/mol. The summed E-state index contributed by atoms with van der Waals surface area (Å²) in [7, 11) is 0. The normalized spacial score (nSPS) is 13.2. The van der Waals surface area contributed by atoms with Crippen molar-refractivity contribution in [3.8, 4) is 0 Å². The van der Waals surface area contributed by atoms with Crippen LogP contribution in [0.2, 0.25) is 0 Å². The third-order valence-corrected chi connectivity index (χ3v) is 3.71. The van der Waals surface area contributed by atoms with Gasteiger partial charge in [0.05, 0.1) is 5.54 Å². The average molecular weight is 310 g/mol. The molecule has 120 valence electrons. The van der Waals surface area contributed by atoms with Crippen LogP contribution >= 0.6 is 0 Å². The first-order valence-electron chi connectivity index (χ1n) is 7.74. The first-order chi connectivity index (χ1) is 10.9. The summed E-state index contributed by atoms with van der Waals surface area (Å²) >= 11 is 0. The molecule has 0 aromatic heterocycles. The fourth-order valence-electron chi connectivity index (χ4n) is 2.40. The van der Waals surface area contributed by atoms with Gasteiger partial charge in [-0.05, 0) is 25.5 Å². The second-order valence-corrected chi connectivity index (χ2v) is 5.90. The van der Waals surface area contributed by atoms with Crippen LogP contribution in [0.4, 0.5) is 5.69 Å². The lowest BCUT2D eigenvalue weighted by Gasteiger charge is -2.22. The number of amides is 1. The largest absolute Gasteiger partial charge is 0.324 e. The number of ketones is 1. The van der Waals surface area contributed by atoms with Crippen LogP contribution in [0.3, 0.4) is 0 Å². The molecule has 3 N–H and O–H groups in total. The standard InChI is InChI=1S/C19H22N2O2/c1-3-12-19(2,20)18(23)21-16-11-7-10-15(13-16)17(22)14-8-5-4-6-9-14/h4-11,13H,3,12,20H2,1-2H3,(H,21,23). The van der Waals surface area contributed by atoms with Gasteiger partial charge < -0.3 is 11.1 Å². The van der Waals surface area contributed by atoms with Gasteiger partial charge in [-0.1, -0.05) is 55.8 Å². The minimum absolute atomic E-state index is 0.0780. The second-order valence-electron chi connectivity index (χ2n) is 5.90. The van der Waals surface area contributed by atoms with Gasteiger partial charge in [0.15, 0.2) is 5.78 Å². The van der Waals surface area contributed by atoms with E-state index < -0.39 is 5.54 Å². The second kappa shape index (κ2) is 7.20. The molecule has 2 rings (SSSR count). The van der Waals surface area contributed by atoms with Crippen LogP contribution in [-0.4, -0.2) is 17.2 Å². The van der Waals surface area contributed by atoms with Gasteiger partial charge in [-0.15, -0.1) is 0 Å². The zero-order valence-corrected chi connectivity index (χ0v) is 13.5. The number of hydrogen-bond acceptors (Lipinski definition) is 3. The summed E-state index contributed by atoms with van der Waals surface area (Å²) in [4.78, 5) is 24.7. The monoisotopic (exact) mass is 310 g/mol. The topological polar surface area (TPSA) is 72.2 Å². The summed E-state index contributed by atoms with van der Waals surface area (Å²) in [5, 5.41) is 2.80. The van der Waals surface area contributed by atoms with Crippen molar-refractivity contribution in [2.75, 3.05) is 5.32 Å². The van der Waals surface area contributed by atoms with Crippen LogP contribution in [0.25, 0.3) is 0 Å². The van der Waals surface area contributed by atoms with E-state index in [9.17, 15) is 9.59 Å². The maximum atomic E-state index is 12.4. The summed E-state index contributed by atoms with van der Waals surface area (Å²) in [6.07, 6.45) is 1.43. The number of carbonyl (C=O) groups excluding carboxylic acids is 2. The Morgan fingerprint density at radius 1 is 1.04 bits per heavy atom. The fourth-order valence-corrected chi connectivity index (χ4v) is 2.40. The first-order valence-corrected chi connectivity index (χ1v) is 7.74. The quantitative estimate of drug-likeness (QED) is 0.803. The lowest BCUT2D eigenvalue weighted by Crippen LogP contribution is -2.48. The zero-order valence-electron chi connectivity index (χ0n) is 13.5. The molecule has 0 aliphatic carbocycles. The van der Waals surface area contributed by atoms with E-state index in [4.69, 9.17) is 5.73 Å². The number of rotatable bonds is 6. The van der Waals surface area contributed by atoms with Crippen molar-refractivity contribution in [1.29, 1.82) is 0 Å². The number of nitrogens with two attached hydrogens (primary N) is 1. The van der Waals surface area contributed by atoms with E-state index in [-0.39, 0.29) is 11.7 Å². The predicted octanol–water partition coefficient (Wildman–Crippen LogP) is 3.37. The van der Waals surface area contributed by atoms with E-state index in [2.05, 4.69) is 5.32 Å². The molecule has 0 bridgehead atoms. The van der Waals surface area contributed by atoms with Gasteiger partial charge in [0.1, 0.15) is 0 Å². The SMILES string of the molecule is CCCC(C)(N)C(=O)Nc1cccc(C(=O)c2ccccc2)c1. The number of benzene rings is 2. The first kappa shape index (κ1) is 16.9. The van der Waals surface area contributed by atoms with Crippen LogP contribution < -0.4 is 11.1 Å². The van der Waals surface area contributed by atoms with Gasteiger partial charge in [-0.2, -0.15) is 0 Å². The Hall–Kier alpha value is -2.46. The van der Waals surface area contributed by atoms with Crippen molar-refractivity contribution >= 4 is 17.4 Å². The summed E-state index contributed by atoms with van der Waals surface area (Å²) in [5.74, 6) is -0.325. The number of carbonyl (C=O) groups is 2. The average Bonchev–Trinajstić information content (AvgIpc) is 2.55. The highest BCUT2D eigenvalue weighted by molar-refractivity contribution is 6.09.